The third kappa shape index (κ3) is 3.34. The zero-order valence-electron chi connectivity index (χ0n) is 14.2. The average Bonchev–Trinajstić information content (AvgIpc) is 3.01. The Hall–Kier alpha value is -2.90. The second-order valence-electron chi connectivity index (χ2n) is 6.18. The van der Waals surface area contributed by atoms with Crippen LogP contribution in [0.4, 0.5) is 4.79 Å². The topological polar surface area (TPSA) is 89.5 Å². The lowest BCUT2D eigenvalue weighted by Crippen LogP contribution is -2.25. The van der Waals surface area contributed by atoms with Crippen molar-refractivity contribution in [3.63, 3.8) is 0 Å². The lowest BCUT2D eigenvalue weighted by molar-refractivity contribution is -0.118. The first-order valence-electron chi connectivity index (χ1n) is 8.30. The van der Waals surface area contributed by atoms with Crippen LogP contribution in [0.5, 0.6) is 5.75 Å². The Morgan fingerprint density at radius 2 is 1.57 bits per heavy atom. The number of hydrogen-bond donors (Lipinski definition) is 1. The fourth-order valence-electron chi connectivity index (χ4n) is 2.97. The van der Waals surface area contributed by atoms with Crippen LogP contribution in [0, 0.1) is 0 Å². The Kier molecular flexibility index (Phi) is 4.78. The summed E-state index contributed by atoms with van der Waals surface area (Å²) in [7, 11) is 0. The standard InChI is InChI=1S/C20H12ClNO5S/c21-15-16(23)12-3-1-2-4-13(12)17(24)18(15)27-11-7-5-10(6-8-11)9-14-19(25)22-20(26)28-14/h1-8,14H,9H2,(H,22,25,26). The number of fused-ring (bicyclic) bond motifs is 1. The van der Waals surface area contributed by atoms with Gasteiger partial charge in [-0.05, 0) is 24.1 Å². The number of benzene rings is 2. The predicted octanol–water partition coefficient (Wildman–Crippen LogP) is 3.49. The molecule has 1 atom stereocenters. The summed E-state index contributed by atoms with van der Waals surface area (Å²) in [5.74, 6) is -1.11. The lowest BCUT2D eigenvalue weighted by Gasteiger charge is -2.18. The van der Waals surface area contributed by atoms with E-state index in [4.69, 9.17) is 16.3 Å². The van der Waals surface area contributed by atoms with E-state index in [1.165, 1.54) is 0 Å². The van der Waals surface area contributed by atoms with Crippen LogP contribution in [0.1, 0.15) is 26.3 Å². The molecule has 1 heterocycles. The molecule has 0 aromatic heterocycles. The summed E-state index contributed by atoms with van der Waals surface area (Å²) in [6.07, 6.45) is 0.386. The summed E-state index contributed by atoms with van der Waals surface area (Å²) in [6.45, 7) is 0. The van der Waals surface area contributed by atoms with E-state index in [1.807, 2.05) is 0 Å². The fraction of sp³-hybridized carbons (Fsp3) is 0.100. The number of thioether (sulfide) groups is 1. The highest BCUT2D eigenvalue weighted by molar-refractivity contribution is 8.15. The molecule has 6 nitrogen and oxygen atoms in total. The van der Waals surface area contributed by atoms with Crippen LogP contribution < -0.4 is 10.1 Å². The molecule has 0 saturated carbocycles. The number of carbonyl (C=O) groups is 4. The van der Waals surface area contributed by atoms with E-state index < -0.39 is 16.8 Å². The van der Waals surface area contributed by atoms with Gasteiger partial charge in [0.15, 0.2) is 5.76 Å². The van der Waals surface area contributed by atoms with E-state index in [2.05, 4.69) is 5.32 Å². The molecule has 1 unspecified atom stereocenters. The van der Waals surface area contributed by atoms with Gasteiger partial charge in [-0.1, -0.05) is 59.8 Å². The van der Waals surface area contributed by atoms with Gasteiger partial charge in [0, 0.05) is 11.1 Å². The van der Waals surface area contributed by atoms with Gasteiger partial charge >= 0.3 is 0 Å². The third-order valence-electron chi connectivity index (χ3n) is 4.35. The summed E-state index contributed by atoms with van der Waals surface area (Å²) in [5.41, 5.74) is 1.32. The van der Waals surface area contributed by atoms with E-state index >= 15 is 0 Å². The predicted molar refractivity (Wildman–Crippen MR) is 104 cm³/mol. The van der Waals surface area contributed by atoms with Crippen molar-refractivity contribution >= 4 is 46.1 Å². The Morgan fingerprint density at radius 1 is 0.929 bits per heavy atom. The van der Waals surface area contributed by atoms with Gasteiger partial charge < -0.3 is 4.74 Å². The van der Waals surface area contributed by atoms with E-state index in [1.54, 1.807) is 48.5 Å². The molecule has 140 valence electrons. The number of ether oxygens (including phenoxy) is 1. The molecule has 1 saturated heterocycles. The van der Waals surface area contributed by atoms with Gasteiger partial charge in [0.25, 0.3) is 5.24 Å². The largest absolute Gasteiger partial charge is 0.451 e. The first-order chi connectivity index (χ1) is 13.4. The number of ketones is 2. The molecule has 8 heteroatoms. The molecule has 0 radical (unpaired) electrons. The van der Waals surface area contributed by atoms with Crippen molar-refractivity contribution in [2.45, 2.75) is 11.7 Å². The molecular weight excluding hydrogens is 402 g/mol. The van der Waals surface area contributed by atoms with Gasteiger partial charge in [-0.25, -0.2) is 0 Å². The van der Waals surface area contributed by atoms with E-state index in [9.17, 15) is 19.2 Å². The quantitative estimate of drug-likeness (QED) is 0.825. The van der Waals surface area contributed by atoms with Gasteiger partial charge in [-0.3, -0.25) is 24.5 Å². The van der Waals surface area contributed by atoms with Crippen molar-refractivity contribution < 1.29 is 23.9 Å². The molecule has 2 aromatic rings. The maximum Gasteiger partial charge on any atom is 0.286 e. The van der Waals surface area contributed by atoms with Crippen molar-refractivity contribution in [2.75, 3.05) is 0 Å². The monoisotopic (exact) mass is 413 g/mol. The maximum atomic E-state index is 12.6. The minimum atomic E-state index is -0.467. The smallest absolute Gasteiger partial charge is 0.286 e. The molecule has 0 spiro atoms. The number of halogens is 1. The Labute approximate surface area is 168 Å². The van der Waals surface area contributed by atoms with Gasteiger partial charge in [0.05, 0.1) is 5.25 Å². The number of hydrogen-bond acceptors (Lipinski definition) is 6. The molecule has 1 aliphatic carbocycles. The molecule has 2 aromatic carbocycles. The zero-order valence-corrected chi connectivity index (χ0v) is 15.8. The minimum Gasteiger partial charge on any atom is -0.451 e. The third-order valence-corrected chi connectivity index (χ3v) is 5.68. The molecule has 1 aliphatic heterocycles. The Morgan fingerprint density at radius 3 is 2.18 bits per heavy atom. The number of Topliss-reactive ketones (excluding diaryl/α,β-unsaturated/α-hetero) is 2. The maximum absolute atomic E-state index is 12.6. The second-order valence-corrected chi connectivity index (χ2v) is 7.73. The molecular formula is C20H12ClNO5S. The highest BCUT2D eigenvalue weighted by atomic mass is 35.5. The van der Waals surface area contributed by atoms with Crippen molar-refractivity contribution in [1.82, 2.24) is 5.32 Å². The van der Waals surface area contributed by atoms with E-state index in [-0.39, 0.29) is 33.1 Å². The first kappa shape index (κ1) is 18.5. The number of amides is 2. The highest BCUT2D eigenvalue weighted by Gasteiger charge is 2.33. The lowest BCUT2D eigenvalue weighted by atomic mass is 9.93. The van der Waals surface area contributed by atoms with Gasteiger partial charge in [-0.15, -0.1) is 0 Å². The summed E-state index contributed by atoms with van der Waals surface area (Å²) >= 11 is 7.04. The second kappa shape index (κ2) is 7.26. The van der Waals surface area contributed by atoms with Crippen LogP contribution >= 0.6 is 23.4 Å². The van der Waals surface area contributed by atoms with Gasteiger partial charge in [0.2, 0.25) is 17.5 Å². The molecule has 1 N–H and O–H groups in total. The fourth-order valence-corrected chi connectivity index (χ4v) is 4.05. The normalized spacial score (nSPS) is 19.0. The molecule has 28 heavy (non-hydrogen) atoms. The number of rotatable bonds is 4. The number of nitrogens with one attached hydrogen (secondary N) is 1. The zero-order chi connectivity index (χ0) is 19.8. The van der Waals surface area contributed by atoms with Crippen LogP contribution in [0.2, 0.25) is 0 Å². The molecule has 4 rings (SSSR count). The van der Waals surface area contributed by atoms with Crippen LogP contribution in [-0.4, -0.2) is 28.0 Å². The number of imide groups is 1. The molecule has 1 fully saturated rings. The van der Waals surface area contributed by atoms with Crippen molar-refractivity contribution in [1.29, 1.82) is 0 Å². The SMILES string of the molecule is O=C1NC(=O)C(Cc2ccc(OC3=C(Cl)C(=O)c4ccccc4C3=O)cc2)S1. The summed E-state index contributed by atoms with van der Waals surface area (Å²) in [4.78, 5) is 47.9. The van der Waals surface area contributed by atoms with Gasteiger partial charge in [0.1, 0.15) is 10.8 Å². The average molecular weight is 414 g/mol. The molecule has 2 amide bonds. The first-order valence-corrected chi connectivity index (χ1v) is 9.56. The van der Waals surface area contributed by atoms with Crippen LogP contribution in [-0.2, 0) is 11.2 Å². The summed E-state index contributed by atoms with van der Waals surface area (Å²) in [6, 6.07) is 13.1. The van der Waals surface area contributed by atoms with Crippen molar-refractivity contribution in [2.24, 2.45) is 0 Å². The number of allylic oxidation sites excluding steroid dienone is 2. The van der Waals surface area contributed by atoms with Gasteiger partial charge in [-0.2, -0.15) is 0 Å². The van der Waals surface area contributed by atoms with Crippen LogP contribution in [0.15, 0.2) is 59.3 Å². The summed E-state index contributed by atoms with van der Waals surface area (Å²) in [5, 5.41) is 1.17. The van der Waals surface area contributed by atoms with E-state index in [0.29, 0.717) is 12.2 Å². The van der Waals surface area contributed by atoms with E-state index in [0.717, 1.165) is 17.3 Å². The Bertz CT molecular complexity index is 1060. The highest BCUT2D eigenvalue weighted by Crippen LogP contribution is 2.31. The van der Waals surface area contributed by atoms with Crippen LogP contribution in [0.25, 0.3) is 0 Å². The number of carbonyl (C=O) groups excluding carboxylic acids is 4. The Balaban J connectivity index is 1.52. The molecule has 0 bridgehead atoms. The molecule has 2 aliphatic rings. The summed E-state index contributed by atoms with van der Waals surface area (Å²) < 4.78 is 5.61. The van der Waals surface area contributed by atoms with Crippen molar-refractivity contribution in [3.05, 3.63) is 76.0 Å². The minimum absolute atomic E-state index is 0.213. The van der Waals surface area contributed by atoms with Crippen molar-refractivity contribution in [3.8, 4) is 5.75 Å². The van der Waals surface area contributed by atoms with Crippen LogP contribution in [0.3, 0.4) is 0 Å².